The number of hydrogen-bond acceptors (Lipinski definition) is 8. The van der Waals surface area contributed by atoms with Crippen molar-refractivity contribution < 1.29 is 4.21 Å². The van der Waals surface area contributed by atoms with Gasteiger partial charge in [0.2, 0.25) is 5.95 Å². The number of nitriles is 1. The van der Waals surface area contributed by atoms with Crippen molar-refractivity contribution in [3.63, 3.8) is 0 Å². The summed E-state index contributed by atoms with van der Waals surface area (Å²) >= 11 is 0. The summed E-state index contributed by atoms with van der Waals surface area (Å²) in [5, 5.41) is 15.9. The molecule has 0 spiro atoms. The van der Waals surface area contributed by atoms with E-state index in [1.165, 1.54) is 22.9 Å². The smallest absolute Gasteiger partial charge is 0.229 e. The first-order chi connectivity index (χ1) is 15.8. The number of fused-ring (bicyclic) bond motifs is 2. The molecule has 0 amide bonds. The number of likely N-dealkylation sites (N-methyl/N-ethyl adjacent to an activating group) is 1. The van der Waals surface area contributed by atoms with Gasteiger partial charge < -0.3 is 20.3 Å². The molecule has 0 aliphatic carbocycles. The summed E-state index contributed by atoms with van der Waals surface area (Å²) in [6.45, 7) is 4.11. The molecule has 0 saturated heterocycles. The van der Waals surface area contributed by atoms with Gasteiger partial charge in [-0.1, -0.05) is 6.07 Å². The van der Waals surface area contributed by atoms with E-state index in [9.17, 15) is 9.47 Å². The maximum Gasteiger partial charge on any atom is 0.229 e. The minimum absolute atomic E-state index is 0.306. The summed E-state index contributed by atoms with van der Waals surface area (Å²) in [4.78, 5) is 15.7. The summed E-state index contributed by atoms with van der Waals surface area (Å²) < 4.78 is 15.3. The zero-order valence-electron chi connectivity index (χ0n) is 18.8. The highest BCUT2D eigenvalue weighted by atomic mass is 32.3. The van der Waals surface area contributed by atoms with E-state index in [1.54, 1.807) is 12.3 Å². The van der Waals surface area contributed by atoms with Gasteiger partial charge in [-0.25, -0.2) is 9.97 Å². The molecule has 170 valence electrons. The SMILES string of the molecule is Cc1cc(Nc2ncc(C#N)c(Nc3ccc4c(n3)N[SH](C)(=O)C4)n2)cc2c1CCN(C)C2. The molecule has 3 aromatic rings. The predicted octanol–water partition coefficient (Wildman–Crippen LogP) is 3.01. The summed E-state index contributed by atoms with van der Waals surface area (Å²) in [5.74, 6) is 2.34. The van der Waals surface area contributed by atoms with Crippen LogP contribution in [0, 0.1) is 18.3 Å². The average molecular weight is 463 g/mol. The van der Waals surface area contributed by atoms with Crippen LogP contribution in [0.1, 0.15) is 27.8 Å². The number of nitrogens with one attached hydrogen (secondary N) is 3. The Morgan fingerprint density at radius 3 is 2.88 bits per heavy atom. The summed E-state index contributed by atoms with van der Waals surface area (Å²) in [6.07, 6.45) is 4.25. The molecule has 3 N–H and O–H groups in total. The molecule has 10 heteroatoms. The first-order valence-electron chi connectivity index (χ1n) is 10.8. The molecular formula is C23H26N8OS. The quantitative estimate of drug-likeness (QED) is 0.437. The van der Waals surface area contributed by atoms with Crippen molar-refractivity contribution >= 4 is 39.2 Å². The minimum atomic E-state index is -2.44. The van der Waals surface area contributed by atoms with Gasteiger partial charge in [0, 0.05) is 36.3 Å². The molecule has 2 aliphatic heterocycles. The number of aryl methyl sites for hydroxylation is 1. The maximum atomic E-state index is 12.3. The van der Waals surface area contributed by atoms with Crippen molar-refractivity contribution in [2.75, 3.05) is 35.2 Å². The average Bonchev–Trinajstić information content (AvgIpc) is 3.07. The monoisotopic (exact) mass is 462 g/mol. The van der Waals surface area contributed by atoms with Crippen molar-refractivity contribution in [2.45, 2.75) is 25.6 Å². The lowest BCUT2D eigenvalue weighted by atomic mass is 9.94. The molecule has 0 fully saturated rings. The van der Waals surface area contributed by atoms with E-state index < -0.39 is 10.1 Å². The Morgan fingerprint density at radius 1 is 1.21 bits per heavy atom. The van der Waals surface area contributed by atoms with Gasteiger partial charge in [-0.2, -0.15) is 10.2 Å². The lowest BCUT2D eigenvalue weighted by Gasteiger charge is -2.27. The van der Waals surface area contributed by atoms with Gasteiger partial charge in [-0.05, 0) is 65.4 Å². The van der Waals surface area contributed by atoms with Crippen LogP contribution in [0.25, 0.3) is 0 Å². The van der Waals surface area contributed by atoms with Crippen molar-refractivity contribution in [3.05, 3.63) is 58.3 Å². The van der Waals surface area contributed by atoms with Gasteiger partial charge in [0.05, 0.1) is 6.20 Å². The predicted molar refractivity (Wildman–Crippen MR) is 132 cm³/mol. The molecule has 9 nitrogen and oxygen atoms in total. The summed E-state index contributed by atoms with van der Waals surface area (Å²) in [6, 6.07) is 10.1. The normalized spacial score (nSPS) is 17.3. The molecule has 0 atom stereocenters. The Bertz CT molecular complexity index is 1350. The molecule has 33 heavy (non-hydrogen) atoms. The van der Waals surface area contributed by atoms with Gasteiger partial charge in [0.15, 0.2) is 5.82 Å². The standard InChI is InChI=1S/C23H26N8OS/c1-14-8-18(9-16-12-31(2)7-6-19(14)16)26-23-25-11-17(10-24)21(29-23)27-20-5-4-15-13-33(3,32)30-22(15)28-20/h4-5,8-9,11,33H,6-7,12-13H2,1-3H3,(H3,25,26,27,28,29,30,32). The Kier molecular flexibility index (Phi) is 5.23. The van der Waals surface area contributed by atoms with E-state index in [4.69, 9.17) is 0 Å². The molecule has 0 radical (unpaired) electrons. The molecule has 4 heterocycles. The number of pyridine rings is 1. The van der Waals surface area contributed by atoms with Crippen LogP contribution in [0.3, 0.4) is 0 Å². The van der Waals surface area contributed by atoms with Crippen molar-refractivity contribution in [3.8, 4) is 6.07 Å². The van der Waals surface area contributed by atoms with E-state index in [-0.39, 0.29) is 0 Å². The molecule has 0 bridgehead atoms. The highest BCUT2D eigenvalue weighted by Gasteiger charge is 2.23. The van der Waals surface area contributed by atoms with Crippen LogP contribution in [0.4, 0.5) is 29.1 Å². The fourth-order valence-electron chi connectivity index (χ4n) is 4.37. The van der Waals surface area contributed by atoms with E-state index >= 15 is 0 Å². The number of thiol groups is 1. The zero-order chi connectivity index (χ0) is 23.2. The second kappa shape index (κ2) is 8.10. The third kappa shape index (κ3) is 4.37. The Labute approximate surface area is 193 Å². The molecule has 0 saturated carbocycles. The number of rotatable bonds is 4. The first kappa shape index (κ1) is 21.3. The van der Waals surface area contributed by atoms with Crippen LogP contribution in [0.15, 0.2) is 30.5 Å². The third-order valence-electron chi connectivity index (χ3n) is 5.95. The van der Waals surface area contributed by atoms with Gasteiger partial charge in [0.25, 0.3) is 0 Å². The second-order valence-corrected chi connectivity index (χ2v) is 11.6. The second-order valence-electron chi connectivity index (χ2n) is 8.81. The molecular weight excluding hydrogens is 436 g/mol. The molecule has 0 unspecified atom stereocenters. The Morgan fingerprint density at radius 2 is 2.06 bits per heavy atom. The number of benzene rings is 1. The number of anilines is 5. The zero-order valence-corrected chi connectivity index (χ0v) is 19.7. The van der Waals surface area contributed by atoms with Crippen molar-refractivity contribution in [1.82, 2.24) is 19.9 Å². The van der Waals surface area contributed by atoms with E-state index in [0.29, 0.717) is 34.7 Å². The van der Waals surface area contributed by atoms with Crippen LogP contribution in [0.5, 0.6) is 0 Å². The van der Waals surface area contributed by atoms with E-state index in [0.717, 1.165) is 30.8 Å². The fourth-order valence-corrected chi connectivity index (χ4v) is 6.00. The van der Waals surface area contributed by atoms with Gasteiger partial charge in [-0.3, -0.25) is 4.21 Å². The highest BCUT2D eigenvalue weighted by Crippen LogP contribution is 2.31. The van der Waals surface area contributed by atoms with Crippen molar-refractivity contribution in [2.24, 2.45) is 0 Å². The molecule has 2 aliphatic rings. The molecule has 5 rings (SSSR count). The van der Waals surface area contributed by atoms with E-state index in [2.05, 4.69) is 67.4 Å². The van der Waals surface area contributed by atoms with Crippen LogP contribution >= 0.6 is 0 Å². The molecule has 2 aromatic heterocycles. The van der Waals surface area contributed by atoms with Gasteiger partial charge in [-0.15, -0.1) is 0 Å². The van der Waals surface area contributed by atoms with Gasteiger partial charge in [0.1, 0.15) is 23.3 Å². The largest absolute Gasteiger partial charge is 0.324 e. The topological polar surface area (TPSA) is 119 Å². The van der Waals surface area contributed by atoms with Gasteiger partial charge >= 0.3 is 0 Å². The Balaban J connectivity index is 1.41. The molecule has 1 aromatic carbocycles. The lowest BCUT2D eigenvalue weighted by Crippen LogP contribution is -2.27. The highest BCUT2D eigenvalue weighted by molar-refractivity contribution is 8.03. The first-order valence-corrected chi connectivity index (χ1v) is 13.1. The van der Waals surface area contributed by atoms with E-state index in [1.807, 2.05) is 6.07 Å². The number of hydrogen-bond donors (Lipinski definition) is 4. The van der Waals surface area contributed by atoms with Crippen LogP contribution in [-0.4, -0.2) is 43.9 Å². The maximum absolute atomic E-state index is 12.3. The Hall–Kier alpha value is -3.55. The van der Waals surface area contributed by atoms with Crippen LogP contribution in [-0.2, 0) is 28.8 Å². The van der Waals surface area contributed by atoms with Crippen LogP contribution < -0.4 is 15.4 Å². The third-order valence-corrected chi connectivity index (χ3v) is 7.58. The summed E-state index contributed by atoms with van der Waals surface area (Å²) in [5.41, 5.74) is 6.11. The summed E-state index contributed by atoms with van der Waals surface area (Å²) in [7, 11) is -0.311. The van der Waals surface area contributed by atoms with Crippen molar-refractivity contribution in [1.29, 1.82) is 5.26 Å². The number of nitrogens with zero attached hydrogens (tertiary/aromatic N) is 5. The van der Waals surface area contributed by atoms with Crippen LogP contribution in [0.2, 0.25) is 0 Å². The number of aromatic nitrogens is 3. The fraction of sp³-hybridized carbons (Fsp3) is 0.304. The lowest BCUT2D eigenvalue weighted by molar-refractivity contribution is 0.312. The minimum Gasteiger partial charge on any atom is -0.324 e.